The minimum absolute atomic E-state index is 0.0669. The van der Waals surface area contributed by atoms with Crippen molar-refractivity contribution in [3.05, 3.63) is 17.2 Å². The Labute approximate surface area is 125 Å². The number of aryl methyl sites for hydroxylation is 2. The lowest BCUT2D eigenvalue weighted by molar-refractivity contribution is 0.00152. The van der Waals surface area contributed by atoms with Crippen molar-refractivity contribution in [3.63, 3.8) is 0 Å². The molecule has 1 N–H and O–H groups in total. The fourth-order valence-electron chi connectivity index (χ4n) is 3.34. The fourth-order valence-corrected chi connectivity index (χ4v) is 3.34. The Balaban J connectivity index is 1.57. The van der Waals surface area contributed by atoms with Gasteiger partial charge in [0.15, 0.2) is 0 Å². The van der Waals surface area contributed by atoms with Crippen molar-refractivity contribution in [1.29, 1.82) is 0 Å². The minimum atomic E-state index is 0.0669. The summed E-state index contributed by atoms with van der Waals surface area (Å²) in [7, 11) is 0. The fraction of sp³-hybridized carbons (Fsp3) is 0.733. The van der Waals surface area contributed by atoms with E-state index in [9.17, 15) is 4.79 Å². The molecule has 3 heterocycles. The van der Waals surface area contributed by atoms with E-state index in [1.807, 2.05) is 18.7 Å². The number of ether oxygens (including phenoxy) is 1. The van der Waals surface area contributed by atoms with E-state index in [1.165, 1.54) is 0 Å². The van der Waals surface area contributed by atoms with E-state index in [0.717, 1.165) is 63.8 Å². The van der Waals surface area contributed by atoms with Crippen LogP contribution in [0, 0.1) is 13.8 Å². The summed E-state index contributed by atoms with van der Waals surface area (Å²) in [5.41, 5.74) is 1.45. The molecule has 116 valence electrons. The number of carbonyl (C=O) groups excluding carboxylic acids is 1. The second kappa shape index (κ2) is 6.15. The summed E-state index contributed by atoms with van der Waals surface area (Å²) in [6.45, 7) is 9.17. The monoisotopic (exact) mass is 292 g/mol. The molecule has 0 unspecified atom stereocenters. The third-order valence-corrected chi connectivity index (χ3v) is 4.52. The number of aromatic nitrogens is 2. The average molecular weight is 292 g/mol. The molecule has 0 aromatic carbocycles. The molecule has 1 amide bonds. The topological polar surface area (TPSA) is 61.5 Å². The van der Waals surface area contributed by atoms with Gasteiger partial charge in [-0.25, -0.2) is 4.98 Å². The molecule has 6 nitrogen and oxygen atoms in total. The number of rotatable bonds is 2. The summed E-state index contributed by atoms with van der Waals surface area (Å²) in [4.78, 5) is 24.4. The smallest absolute Gasteiger partial charge is 0.274 e. The van der Waals surface area contributed by atoms with E-state index in [1.54, 1.807) is 0 Å². The Bertz CT molecular complexity index is 500. The van der Waals surface area contributed by atoms with Crippen molar-refractivity contribution in [2.75, 3.05) is 39.4 Å². The second-order valence-corrected chi connectivity index (χ2v) is 5.97. The van der Waals surface area contributed by atoms with Crippen LogP contribution in [-0.2, 0) is 4.74 Å². The van der Waals surface area contributed by atoms with Crippen LogP contribution in [0.1, 0.15) is 34.8 Å². The maximum Gasteiger partial charge on any atom is 0.274 e. The van der Waals surface area contributed by atoms with Gasteiger partial charge in [0.05, 0.1) is 13.2 Å². The van der Waals surface area contributed by atoms with Crippen molar-refractivity contribution in [2.45, 2.75) is 32.7 Å². The first kappa shape index (κ1) is 14.5. The highest BCUT2D eigenvalue weighted by Gasteiger charge is 2.29. The van der Waals surface area contributed by atoms with Gasteiger partial charge in [-0.05, 0) is 26.7 Å². The van der Waals surface area contributed by atoms with E-state index >= 15 is 0 Å². The van der Waals surface area contributed by atoms with Crippen LogP contribution in [0.5, 0.6) is 0 Å². The van der Waals surface area contributed by atoms with Crippen molar-refractivity contribution in [2.24, 2.45) is 0 Å². The molecule has 21 heavy (non-hydrogen) atoms. The van der Waals surface area contributed by atoms with Crippen molar-refractivity contribution in [3.8, 4) is 0 Å². The summed E-state index contributed by atoms with van der Waals surface area (Å²) in [5, 5.41) is 0. The van der Waals surface area contributed by atoms with Gasteiger partial charge in [-0.3, -0.25) is 9.69 Å². The van der Waals surface area contributed by atoms with Gasteiger partial charge in [0.2, 0.25) is 0 Å². The number of nitrogens with one attached hydrogen (secondary N) is 1. The lowest BCUT2D eigenvalue weighted by Gasteiger charge is -2.39. The number of piperidine rings is 1. The number of hydrogen-bond acceptors (Lipinski definition) is 4. The van der Waals surface area contributed by atoms with Gasteiger partial charge in [0.1, 0.15) is 11.5 Å². The number of aromatic amines is 1. The van der Waals surface area contributed by atoms with Crippen LogP contribution in [0.25, 0.3) is 0 Å². The molecule has 2 saturated heterocycles. The van der Waals surface area contributed by atoms with E-state index in [0.29, 0.717) is 11.7 Å². The SMILES string of the molecule is Cc1nc(C(=O)N2CCC(N3CCOCC3)CC2)c(C)[nH]1. The molecule has 0 spiro atoms. The van der Waals surface area contributed by atoms with Gasteiger partial charge in [0, 0.05) is 37.9 Å². The molecule has 2 aliphatic rings. The summed E-state index contributed by atoms with van der Waals surface area (Å²) >= 11 is 0. The molecule has 0 bridgehead atoms. The number of carbonyl (C=O) groups is 1. The first-order valence-corrected chi connectivity index (χ1v) is 7.79. The van der Waals surface area contributed by atoms with Crippen LogP contribution in [0.2, 0.25) is 0 Å². The molecular weight excluding hydrogens is 268 g/mol. The van der Waals surface area contributed by atoms with Gasteiger partial charge in [0.25, 0.3) is 5.91 Å². The lowest BCUT2D eigenvalue weighted by Crippen LogP contribution is -2.50. The summed E-state index contributed by atoms with van der Waals surface area (Å²) < 4.78 is 5.41. The Kier molecular flexibility index (Phi) is 4.26. The van der Waals surface area contributed by atoms with Crippen LogP contribution in [0.15, 0.2) is 0 Å². The molecule has 1 aromatic heterocycles. The predicted molar refractivity (Wildman–Crippen MR) is 79.4 cm³/mol. The molecular formula is C15H24N4O2. The molecule has 1 aromatic rings. The van der Waals surface area contributed by atoms with Crippen LogP contribution >= 0.6 is 0 Å². The lowest BCUT2D eigenvalue weighted by atomic mass is 10.0. The predicted octanol–water partition coefficient (Wildman–Crippen LogP) is 0.963. The Morgan fingerprint density at radius 3 is 2.43 bits per heavy atom. The van der Waals surface area contributed by atoms with Crippen LogP contribution in [0.4, 0.5) is 0 Å². The van der Waals surface area contributed by atoms with Gasteiger partial charge >= 0.3 is 0 Å². The minimum Gasteiger partial charge on any atom is -0.379 e. The highest BCUT2D eigenvalue weighted by molar-refractivity contribution is 5.93. The normalized spacial score (nSPS) is 21.7. The second-order valence-electron chi connectivity index (χ2n) is 5.97. The number of nitrogens with zero attached hydrogens (tertiary/aromatic N) is 3. The van der Waals surface area contributed by atoms with Crippen LogP contribution < -0.4 is 0 Å². The van der Waals surface area contributed by atoms with Crippen molar-refractivity contribution in [1.82, 2.24) is 19.8 Å². The first-order chi connectivity index (χ1) is 10.1. The molecule has 0 aliphatic carbocycles. The zero-order valence-electron chi connectivity index (χ0n) is 12.9. The molecule has 0 saturated carbocycles. The quantitative estimate of drug-likeness (QED) is 0.882. The highest BCUT2D eigenvalue weighted by atomic mass is 16.5. The van der Waals surface area contributed by atoms with Crippen LogP contribution in [0.3, 0.4) is 0 Å². The Morgan fingerprint density at radius 2 is 1.86 bits per heavy atom. The van der Waals surface area contributed by atoms with Crippen LogP contribution in [-0.4, -0.2) is 71.1 Å². The molecule has 0 radical (unpaired) electrons. The van der Waals surface area contributed by atoms with Crippen molar-refractivity contribution < 1.29 is 9.53 Å². The first-order valence-electron chi connectivity index (χ1n) is 7.79. The standard InChI is InChI=1S/C15H24N4O2/c1-11-14(17-12(2)16-11)15(20)19-5-3-13(4-6-19)18-7-9-21-10-8-18/h13H,3-10H2,1-2H3,(H,16,17). The summed E-state index contributed by atoms with van der Waals surface area (Å²) in [6, 6.07) is 0.597. The van der Waals surface area contributed by atoms with Gasteiger partial charge < -0.3 is 14.6 Å². The van der Waals surface area contributed by atoms with Crippen molar-refractivity contribution >= 4 is 5.91 Å². The molecule has 0 atom stereocenters. The number of hydrogen-bond donors (Lipinski definition) is 1. The number of amides is 1. The van der Waals surface area contributed by atoms with E-state index in [4.69, 9.17) is 4.74 Å². The summed E-state index contributed by atoms with van der Waals surface area (Å²) in [5.74, 6) is 0.872. The number of likely N-dealkylation sites (tertiary alicyclic amines) is 1. The van der Waals surface area contributed by atoms with Gasteiger partial charge in [-0.2, -0.15) is 0 Å². The molecule has 6 heteroatoms. The highest BCUT2D eigenvalue weighted by Crippen LogP contribution is 2.19. The van der Waals surface area contributed by atoms with E-state index in [2.05, 4.69) is 14.9 Å². The zero-order valence-corrected chi connectivity index (χ0v) is 12.9. The maximum absolute atomic E-state index is 12.5. The molecule has 2 aliphatic heterocycles. The molecule has 3 rings (SSSR count). The average Bonchev–Trinajstić information content (AvgIpc) is 2.86. The number of H-pyrrole nitrogens is 1. The third kappa shape index (κ3) is 3.11. The van der Waals surface area contributed by atoms with E-state index < -0.39 is 0 Å². The Hall–Kier alpha value is -1.40. The Morgan fingerprint density at radius 1 is 1.19 bits per heavy atom. The molecule has 2 fully saturated rings. The number of imidazole rings is 1. The van der Waals surface area contributed by atoms with Gasteiger partial charge in [-0.1, -0.05) is 0 Å². The largest absolute Gasteiger partial charge is 0.379 e. The van der Waals surface area contributed by atoms with E-state index in [-0.39, 0.29) is 5.91 Å². The zero-order chi connectivity index (χ0) is 14.8. The van der Waals surface area contributed by atoms with Gasteiger partial charge in [-0.15, -0.1) is 0 Å². The maximum atomic E-state index is 12.5. The third-order valence-electron chi connectivity index (χ3n) is 4.52. The summed E-state index contributed by atoms with van der Waals surface area (Å²) in [6.07, 6.45) is 2.10. The number of morpholine rings is 1.